The lowest BCUT2D eigenvalue weighted by Gasteiger charge is -2.02. The maximum Gasteiger partial charge on any atom is 0.136 e. The fraction of sp³-hybridized carbons (Fsp3) is 0.0526. The number of aryl methyl sites for hydroxylation is 1. The van der Waals surface area contributed by atoms with E-state index in [0.29, 0.717) is 20.6 Å². The van der Waals surface area contributed by atoms with E-state index >= 15 is 0 Å². The molecule has 3 rings (SSSR count). The van der Waals surface area contributed by atoms with Crippen LogP contribution < -0.4 is 5.32 Å². The van der Waals surface area contributed by atoms with Gasteiger partial charge in [0.05, 0.1) is 15.7 Å². The van der Waals surface area contributed by atoms with Gasteiger partial charge in [-0.15, -0.1) is 11.3 Å². The lowest BCUT2D eigenvalue weighted by molar-refractivity contribution is 1.36. The van der Waals surface area contributed by atoms with E-state index < -0.39 is 0 Å². The average Bonchev–Trinajstić information content (AvgIpc) is 3.09. The van der Waals surface area contributed by atoms with E-state index in [2.05, 4.69) is 16.4 Å². The summed E-state index contributed by atoms with van der Waals surface area (Å²) in [6.45, 7) is 2.03. The predicted octanol–water partition coefficient (Wildman–Crippen LogP) is 6.40. The molecule has 1 heterocycles. The normalized spacial score (nSPS) is 11.2. The smallest absolute Gasteiger partial charge is 0.136 e. The highest BCUT2D eigenvalue weighted by molar-refractivity contribution is 7.11. The van der Waals surface area contributed by atoms with Gasteiger partial charge in [-0.2, -0.15) is 5.26 Å². The van der Waals surface area contributed by atoms with Crippen LogP contribution in [0.4, 0.5) is 5.69 Å². The number of anilines is 1. The van der Waals surface area contributed by atoms with Gasteiger partial charge in [0, 0.05) is 22.8 Å². The number of thiazole rings is 1. The van der Waals surface area contributed by atoms with Gasteiger partial charge in [0.1, 0.15) is 16.6 Å². The van der Waals surface area contributed by atoms with E-state index in [9.17, 15) is 5.26 Å². The largest absolute Gasteiger partial charge is 0.360 e. The Labute approximate surface area is 160 Å². The van der Waals surface area contributed by atoms with Crippen LogP contribution in [0, 0.1) is 18.3 Å². The van der Waals surface area contributed by atoms with E-state index in [1.807, 2.05) is 42.6 Å². The van der Waals surface area contributed by atoms with Gasteiger partial charge in [-0.3, -0.25) is 0 Å². The van der Waals surface area contributed by atoms with Crippen molar-refractivity contribution in [3.63, 3.8) is 0 Å². The van der Waals surface area contributed by atoms with Crippen LogP contribution in [0.2, 0.25) is 10.0 Å². The van der Waals surface area contributed by atoms with E-state index in [1.54, 1.807) is 18.3 Å². The molecule has 0 fully saturated rings. The van der Waals surface area contributed by atoms with Crippen LogP contribution in [0.15, 0.2) is 54.0 Å². The van der Waals surface area contributed by atoms with Crippen molar-refractivity contribution in [2.75, 3.05) is 5.32 Å². The van der Waals surface area contributed by atoms with Crippen LogP contribution in [-0.4, -0.2) is 4.98 Å². The number of aromatic nitrogens is 1. The first-order chi connectivity index (χ1) is 12.1. The highest BCUT2D eigenvalue weighted by Gasteiger charge is 2.10. The minimum absolute atomic E-state index is 0.469. The maximum absolute atomic E-state index is 9.43. The van der Waals surface area contributed by atoms with Gasteiger partial charge >= 0.3 is 0 Å². The molecule has 0 atom stereocenters. The predicted molar refractivity (Wildman–Crippen MR) is 106 cm³/mol. The van der Waals surface area contributed by atoms with Gasteiger partial charge in [-0.25, -0.2) is 4.98 Å². The molecule has 0 radical (unpaired) electrons. The molecule has 0 saturated heterocycles. The Hall–Kier alpha value is -2.32. The van der Waals surface area contributed by atoms with E-state index in [4.69, 9.17) is 23.2 Å². The number of halogens is 2. The summed E-state index contributed by atoms with van der Waals surface area (Å²) in [6.07, 6.45) is 1.67. The summed E-state index contributed by atoms with van der Waals surface area (Å²) in [4.78, 5) is 4.53. The number of benzene rings is 2. The van der Waals surface area contributed by atoms with Crippen LogP contribution in [0.1, 0.15) is 10.6 Å². The molecule has 0 bridgehead atoms. The minimum Gasteiger partial charge on any atom is -0.360 e. The van der Waals surface area contributed by atoms with Crippen LogP contribution in [0.3, 0.4) is 0 Å². The molecular formula is C19H13Cl2N3S. The topological polar surface area (TPSA) is 48.7 Å². The van der Waals surface area contributed by atoms with Crippen molar-refractivity contribution < 1.29 is 0 Å². The number of rotatable bonds is 4. The van der Waals surface area contributed by atoms with Crippen molar-refractivity contribution >= 4 is 45.8 Å². The second-order valence-electron chi connectivity index (χ2n) is 5.35. The standard InChI is InChI=1S/C19H13Cl2N3S/c1-12-2-5-15(6-3-12)23-10-14(9-22)19-24-18(11-25-19)13-4-7-16(20)17(21)8-13/h2-8,10-11,23H,1H3/b14-10+. The first-order valence-corrected chi connectivity index (χ1v) is 9.05. The lowest BCUT2D eigenvalue weighted by Crippen LogP contribution is -1.91. The second-order valence-corrected chi connectivity index (χ2v) is 7.02. The molecule has 2 aromatic carbocycles. The fourth-order valence-corrected chi connectivity index (χ4v) is 3.23. The average molecular weight is 386 g/mol. The number of nitrogens with zero attached hydrogens (tertiary/aromatic N) is 2. The Morgan fingerprint density at radius 1 is 1.16 bits per heavy atom. The molecule has 0 aliphatic carbocycles. The quantitative estimate of drug-likeness (QED) is 0.528. The summed E-state index contributed by atoms with van der Waals surface area (Å²) in [7, 11) is 0. The van der Waals surface area contributed by atoms with Gasteiger partial charge in [0.25, 0.3) is 0 Å². The lowest BCUT2D eigenvalue weighted by atomic mass is 10.2. The van der Waals surface area contributed by atoms with Crippen LogP contribution in [0.25, 0.3) is 16.8 Å². The first kappa shape index (κ1) is 17.5. The fourth-order valence-electron chi connectivity index (χ4n) is 2.13. The molecule has 0 spiro atoms. The maximum atomic E-state index is 9.43. The Morgan fingerprint density at radius 3 is 2.60 bits per heavy atom. The molecule has 25 heavy (non-hydrogen) atoms. The van der Waals surface area contributed by atoms with Crippen molar-refractivity contribution in [2.24, 2.45) is 0 Å². The van der Waals surface area contributed by atoms with Gasteiger partial charge in [-0.1, -0.05) is 47.0 Å². The van der Waals surface area contributed by atoms with Crippen LogP contribution >= 0.6 is 34.5 Å². The van der Waals surface area contributed by atoms with Crippen molar-refractivity contribution in [1.82, 2.24) is 4.98 Å². The summed E-state index contributed by atoms with van der Waals surface area (Å²) in [5.74, 6) is 0. The second kappa shape index (κ2) is 7.71. The summed E-state index contributed by atoms with van der Waals surface area (Å²) in [6, 6.07) is 15.5. The molecule has 3 aromatic rings. The van der Waals surface area contributed by atoms with E-state index in [0.717, 1.165) is 16.9 Å². The Balaban J connectivity index is 1.83. The van der Waals surface area contributed by atoms with E-state index in [-0.39, 0.29) is 0 Å². The van der Waals surface area contributed by atoms with Crippen molar-refractivity contribution in [1.29, 1.82) is 5.26 Å². The molecular weight excluding hydrogens is 373 g/mol. The minimum atomic E-state index is 0.469. The summed E-state index contributed by atoms with van der Waals surface area (Å²) < 4.78 is 0. The number of nitriles is 1. The molecule has 1 N–H and O–H groups in total. The third-order valence-corrected chi connectivity index (χ3v) is 5.12. The van der Waals surface area contributed by atoms with Gasteiger partial charge in [0.15, 0.2) is 0 Å². The Morgan fingerprint density at radius 2 is 1.92 bits per heavy atom. The summed E-state index contributed by atoms with van der Waals surface area (Å²) in [5, 5.41) is 16.1. The highest BCUT2D eigenvalue weighted by Crippen LogP contribution is 2.30. The van der Waals surface area contributed by atoms with Gasteiger partial charge < -0.3 is 5.32 Å². The number of nitrogens with one attached hydrogen (secondary N) is 1. The number of allylic oxidation sites excluding steroid dienone is 1. The summed E-state index contributed by atoms with van der Waals surface area (Å²) in [5.41, 5.74) is 4.19. The Kier molecular flexibility index (Phi) is 5.40. The number of hydrogen-bond donors (Lipinski definition) is 1. The third-order valence-electron chi connectivity index (χ3n) is 3.51. The first-order valence-electron chi connectivity index (χ1n) is 7.41. The third kappa shape index (κ3) is 4.21. The SMILES string of the molecule is Cc1ccc(N/C=C(\C#N)c2nc(-c3ccc(Cl)c(Cl)c3)cs2)cc1. The molecule has 6 heteroatoms. The van der Waals surface area contributed by atoms with Gasteiger partial charge in [0.2, 0.25) is 0 Å². The number of hydrogen-bond acceptors (Lipinski definition) is 4. The van der Waals surface area contributed by atoms with Crippen LogP contribution in [0.5, 0.6) is 0 Å². The molecule has 124 valence electrons. The van der Waals surface area contributed by atoms with Crippen molar-refractivity contribution in [2.45, 2.75) is 6.92 Å². The zero-order chi connectivity index (χ0) is 17.8. The molecule has 0 aliphatic rings. The van der Waals surface area contributed by atoms with Crippen LogP contribution in [-0.2, 0) is 0 Å². The monoisotopic (exact) mass is 385 g/mol. The zero-order valence-corrected chi connectivity index (χ0v) is 15.6. The highest BCUT2D eigenvalue weighted by atomic mass is 35.5. The van der Waals surface area contributed by atoms with Crippen molar-refractivity contribution in [3.8, 4) is 17.3 Å². The Bertz CT molecular complexity index is 969. The molecule has 1 aromatic heterocycles. The summed E-state index contributed by atoms with van der Waals surface area (Å²) >= 11 is 13.4. The van der Waals surface area contributed by atoms with Crippen molar-refractivity contribution in [3.05, 3.63) is 74.7 Å². The zero-order valence-electron chi connectivity index (χ0n) is 13.3. The molecule has 0 saturated carbocycles. The molecule has 0 aliphatic heterocycles. The van der Waals surface area contributed by atoms with Gasteiger partial charge in [-0.05, 0) is 31.2 Å². The molecule has 0 amide bonds. The van der Waals surface area contributed by atoms with E-state index in [1.165, 1.54) is 16.9 Å². The molecule has 0 unspecified atom stereocenters. The molecule has 3 nitrogen and oxygen atoms in total.